The highest BCUT2D eigenvalue weighted by Gasteiger charge is 2.25. The summed E-state index contributed by atoms with van der Waals surface area (Å²) in [6.45, 7) is 5.78. The number of amides is 2. The van der Waals surface area contributed by atoms with Crippen molar-refractivity contribution >= 4 is 11.7 Å². The summed E-state index contributed by atoms with van der Waals surface area (Å²) in [7, 11) is 1.93. The van der Waals surface area contributed by atoms with E-state index < -0.39 is 0 Å². The topological polar surface area (TPSA) is 44.4 Å². The third-order valence-electron chi connectivity index (χ3n) is 3.92. The first-order chi connectivity index (χ1) is 9.63. The maximum Gasteiger partial charge on any atom is 0.321 e. The molecule has 1 aliphatic carbocycles. The Hall–Kier alpha value is -1.55. The van der Waals surface area contributed by atoms with Gasteiger partial charge in [0.2, 0.25) is 0 Å². The van der Waals surface area contributed by atoms with Gasteiger partial charge in [-0.3, -0.25) is 0 Å². The van der Waals surface area contributed by atoms with Crippen LogP contribution >= 0.6 is 0 Å². The van der Waals surface area contributed by atoms with E-state index in [4.69, 9.17) is 0 Å². The van der Waals surface area contributed by atoms with E-state index >= 15 is 0 Å². The zero-order valence-electron chi connectivity index (χ0n) is 12.6. The fraction of sp³-hybridized carbons (Fsp3) is 0.562. The van der Waals surface area contributed by atoms with Crippen molar-refractivity contribution in [1.29, 1.82) is 0 Å². The molecule has 0 bridgehead atoms. The average Bonchev–Trinajstić information content (AvgIpc) is 3.28. The Morgan fingerprint density at radius 3 is 2.80 bits per heavy atom. The van der Waals surface area contributed by atoms with Crippen LogP contribution in [0.25, 0.3) is 0 Å². The Kier molecular flexibility index (Phi) is 5.01. The van der Waals surface area contributed by atoms with Crippen molar-refractivity contribution in [2.24, 2.45) is 5.92 Å². The number of hydrogen-bond acceptors (Lipinski definition) is 2. The van der Waals surface area contributed by atoms with Gasteiger partial charge in [0.05, 0.1) is 0 Å². The second-order valence-electron chi connectivity index (χ2n) is 5.55. The molecule has 4 heteroatoms. The van der Waals surface area contributed by atoms with E-state index in [1.807, 2.05) is 37.1 Å². The largest absolute Gasteiger partial charge is 0.325 e. The molecule has 20 heavy (non-hydrogen) atoms. The Balaban J connectivity index is 1.98. The molecule has 0 aromatic heterocycles. The van der Waals surface area contributed by atoms with Crippen LogP contribution in [-0.4, -0.2) is 31.1 Å². The molecule has 1 aromatic rings. The average molecular weight is 275 g/mol. The zero-order valence-corrected chi connectivity index (χ0v) is 12.6. The number of nitrogens with zero attached hydrogens (tertiary/aromatic N) is 1. The van der Waals surface area contributed by atoms with Crippen molar-refractivity contribution in [3.05, 3.63) is 29.8 Å². The van der Waals surface area contributed by atoms with Gasteiger partial charge in [0, 0.05) is 24.8 Å². The van der Waals surface area contributed by atoms with E-state index in [1.165, 1.54) is 18.4 Å². The van der Waals surface area contributed by atoms with Gasteiger partial charge < -0.3 is 15.5 Å². The summed E-state index contributed by atoms with van der Waals surface area (Å²) in [5.74, 6) is 0.719. The van der Waals surface area contributed by atoms with Crippen LogP contribution in [0.2, 0.25) is 0 Å². The molecular weight excluding hydrogens is 250 g/mol. The third kappa shape index (κ3) is 3.97. The fourth-order valence-electron chi connectivity index (χ4n) is 2.22. The van der Waals surface area contributed by atoms with Crippen LogP contribution in [0.3, 0.4) is 0 Å². The first kappa shape index (κ1) is 14.9. The molecule has 1 saturated carbocycles. The molecule has 1 aliphatic rings. The molecule has 0 spiro atoms. The molecule has 0 radical (unpaired) electrons. The molecule has 1 aromatic carbocycles. The Morgan fingerprint density at radius 1 is 1.45 bits per heavy atom. The van der Waals surface area contributed by atoms with Crippen molar-refractivity contribution in [1.82, 2.24) is 10.2 Å². The molecule has 110 valence electrons. The van der Waals surface area contributed by atoms with Crippen molar-refractivity contribution in [2.45, 2.75) is 32.7 Å². The fourth-order valence-corrected chi connectivity index (χ4v) is 2.22. The Labute approximate surface area is 121 Å². The predicted molar refractivity (Wildman–Crippen MR) is 82.9 cm³/mol. The number of rotatable bonds is 6. The van der Waals surface area contributed by atoms with Crippen LogP contribution in [0.15, 0.2) is 24.3 Å². The van der Waals surface area contributed by atoms with Gasteiger partial charge in [-0.15, -0.1) is 0 Å². The van der Waals surface area contributed by atoms with Crippen LogP contribution in [0, 0.1) is 5.92 Å². The van der Waals surface area contributed by atoms with E-state index in [0.717, 1.165) is 24.7 Å². The van der Waals surface area contributed by atoms with E-state index in [-0.39, 0.29) is 12.1 Å². The minimum Gasteiger partial charge on any atom is -0.325 e. The number of carbonyl (C=O) groups excluding carboxylic acids is 1. The molecule has 1 unspecified atom stereocenters. The lowest BCUT2D eigenvalue weighted by atomic mass is 10.1. The van der Waals surface area contributed by atoms with Crippen LogP contribution in [-0.2, 0) is 0 Å². The maximum atomic E-state index is 12.3. The maximum absolute atomic E-state index is 12.3. The van der Waals surface area contributed by atoms with Gasteiger partial charge >= 0.3 is 6.03 Å². The molecule has 2 amide bonds. The summed E-state index contributed by atoms with van der Waals surface area (Å²) < 4.78 is 0. The summed E-state index contributed by atoms with van der Waals surface area (Å²) in [5, 5.41) is 6.21. The number of anilines is 1. The SMILES string of the molecule is CCN(CC1CC1)C(=O)Nc1cccc(C(C)NC)c1. The highest BCUT2D eigenvalue weighted by atomic mass is 16.2. The molecule has 0 aliphatic heterocycles. The van der Waals surface area contributed by atoms with Gasteiger partial charge in [-0.2, -0.15) is 0 Å². The number of urea groups is 1. The number of carbonyl (C=O) groups is 1. The third-order valence-corrected chi connectivity index (χ3v) is 3.92. The molecule has 1 atom stereocenters. The van der Waals surface area contributed by atoms with E-state index in [9.17, 15) is 4.79 Å². The van der Waals surface area contributed by atoms with Gasteiger partial charge in [-0.05, 0) is 57.4 Å². The van der Waals surface area contributed by atoms with Crippen LogP contribution in [0.4, 0.5) is 10.5 Å². The molecule has 4 nitrogen and oxygen atoms in total. The summed E-state index contributed by atoms with van der Waals surface area (Å²) in [6, 6.07) is 8.31. The minimum atomic E-state index is 0.00802. The smallest absolute Gasteiger partial charge is 0.321 e. The molecule has 2 rings (SSSR count). The van der Waals surface area contributed by atoms with Crippen molar-refractivity contribution in [2.75, 3.05) is 25.5 Å². The summed E-state index contributed by atoms with van der Waals surface area (Å²) in [6.07, 6.45) is 2.53. The summed E-state index contributed by atoms with van der Waals surface area (Å²) >= 11 is 0. The van der Waals surface area contributed by atoms with Crippen molar-refractivity contribution in [3.63, 3.8) is 0 Å². The van der Waals surface area contributed by atoms with E-state index in [2.05, 4.69) is 23.6 Å². The van der Waals surface area contributed by atoms with Crippen molar-refractivity contribution < 1.29 is 4.79 Å². The Bertz CT molecular complexity index is 457. The first-order valence-corrected chi connectivity index (χ1v) is 7.47. The second kappa shape index (κ2) is 6.75. The van der Waals surface area contributed by atoms with Gasteiger partial charge in [-0.1, -0.05) is 12.1 Å². The first-order valence-electron chi connectivity index (χ1n) is 7.47. The summed E-state index contributed by atoms with van der Waals surface area (Å²) in [4.78, 5) is 14.2. The monoisotopic (exact) mass is 275 g/mol. The molecule has 0 saturated heterocycles. The van der Waals surface area contributed by atoms with Crippen LogP contribution < -0.4 is 10.6 Å². The molecule has 0 heterocycles. The normalized spacial score (nSPS) is 15.8. The lowest BCUT2D eigenvalue weighted by Crippen LogP contribution is -2.36. The summed E-state index contributed by atoms with van der Waals surface area (Å²) in [5.41, 5.74) is 2.04. The van der Waals surface area contributed by atoms with Gasteiger partial charge in [-0.25, -0.2) is 4.79 Å². The molecular formula is C16H25N3O. The van der Waals surface area contributed by atoms with Gasteiger partial charge in [0.1, 0.15) is 0 Å². The van der Waals surface area contributed by atoms with Gasteiger partial charge in [0.15, 0.2) is 0 Å². The highest BCUT2D eigenvalue weighted by molar-refractivity contribution is 5.89. The minimum absolute atomic E-state index is 0.00802. The zero-order chi connectivity index (χ0) is 14.5. The Morgan fingerprint density at radius 2 is 2.20 bits per heavy atom. The molecule has 1 fully saturated rings. The van der Waals surface area contributed by atoms with Crippen molar-refractivity contribution in [3.8, 4) is 0 Å². The standard InChI is InChI=1S/C16H25N3O/c1-4-19(11-13-8-9-13)16(20)18-15-7-5-6-14(10-15)12(2)17-3/h5-7,10,12-13,17H,4,8-9,11H2,1-3H3,(H,18,20). The van der Waals surface area contributed by atoms with Crippen LogP contribution in [0.1, 0.15) is 38.3 Å². The van der Waals surface area contributed by atoms with Gasteiger partial charge in [0.25, 0.3) is 0 Å². The molecule has 2 N–H and O–H groups in total. The van der Waals surface area contributed by atoms with E-state index in [0.29, 0.717) is 0 Å². The quantitative estimate of drug-likeness (QED) is 0.837. The predicted octanol–water partition coefficient (Wildman–Crippen LogP) is 3.23. The van der Waals surface area contributed by atoms with Crippen LogP contribution in [0.5, 0.6) is 0 Å². The number of hydrogen-bond donors (Lipinski definition) is 2. The number of benzene rings is 1. The number of nitrogens with one attached hydrogen (secondary N) is 2. The second-order valence-corrected chi connectivity index (χ2v) is 5.55. The lowest BCUT2D eigenvalue weighted by molar-refractivity contribution is 0.212. The van der Waals surface area contributed by atoms with E-state index in [1.54, 1.807) is 0 Å². The highest BCUT2D eigenvalue weighted by Crippen LogP contribution is 2.29. The lowest BCUT2D eigenvalue weighted by Gasteiger charge is -2.21.